The zero-order valence-electron chi connectivity index (χ0n) is 17.9. The molecule has 9 nitrogen and oxygen atoms in total. The topological polar surface area (TPSA) is 144 Å². The average molecular weight is 459 g/mol. The summed E-state index contributed by atoms with van der Waals surface area (Å²) >= 11 is 0. The molecule has 0 atom stereocenters. The Morgan fingerprint density at radius 2 is 1.78 bits per heavy atom. The Bertz CT molecular complexity index is 1120. The molecule has 0 unspecified atom stereocenters. The van der Waals surface area contributed by atoms with Gasteiger partial charge in [-0.1, -0.05) is 30.3 Å². The first kappa shape index (κ1) is 24.8. The average Bonchev–Trinajstić information content (AvgIpc) is 2.75. The summed E-state index contributed by atoms with van der Waals surface area (Å²) in [5.74, 6) is -0.412. The highest BCUT2D eigenvalue weighted by Crippen LogP contribution is 2.18. The number of nitrogen functional groups attached to an aromatic ring is 1. The second-order valence-electron chi connectivity index (χ2n) is 6.59. The molecule has 0 spiro atoms. The number of aromatic nitrogens is 2. The molecule has 0 saturated heterocycles. The standard InChI is InChI=1S/C14H16N4O4S.C8H10O/c1-3-22-13(19)11-8-16-14(18-12(11)15)17-9-4-6-10(7-5-9)23(2,20)21;9-7-6-8-4-2-1-3-5-8/h4-8H,3H2,1-2H3,(H3,15,16,17,18);1-5,9H,6-7H2. The number of aliphatic hydroxyl groups is 1. The summed E-state index contributed by atoms with van der Waals surface area (Å²) in [7, 11) is -3.25. The zero-order chi connectivity index (χ0) is 23.6. The number of carbonyl (C=O) groups is 1. The van der Waals surface area contributed by atoms with Crippen LogP contribution >= 0.6 is 0 Å². The summed E-state index contributed by atoms with van der Waals surface area (Å²) in [5, 5.41) is 11.4. The predicted molar refractivity (Wildman–Crippen MR) is 122 cm³/mol. The van der Waals surface area contributed by atoms with Crippen LogP contribution < -0.4 is 11.1 Å². The van der Waals surface area contributed by atoms with Crippen LogP contribution in [0.5, 0.6) is 0 Å². The molecular formula is C22H26N4O5S. The number of rotatable bonds is 7. The quantitative estimate of drug-likeness (QED) is 0.455. The largest absolute Gasteiger partial charge is 0.462 e. The minimum Gasteiger partial charge on any atom is -0.462 e. The third-order valence-electron chi connectivity index (χ3n) is 4.10. The van der Waals surface area contributed by atoms with Crippen LogP contribution in [0.1, 0.15) is 22.8 Å². The molecule has 3 aromatic rings. The lowest BCUT2D eigenvalue weighted by Gasteiger charge is -2.08. The van der Waals surface area contributed by atoms with E-state index in [4.69, 9.17) is 15.6 Å². The van der Waals surface area contributed by atoms with Gasteiger partial charge in [-0.25, -0.2) is 18.2 Å². The molecule has 0 fully saturated rings. The van der Waals surface area contributed by atoms with Gasteiger partial charge in [-0.05, 0) is 43.2 Å². The first-order chi connectivity index (χ1) is 15.2. The molecule has 0 amide bonds. The normalized spacial score (nSPS) is 10.6. The fourth-order valence-electron chi connectivity index (χ4n) is 2.51. The van der Waals surface area contributed by atoms with E-state index >= 15 is 0 Å². The van der Waals surface area contributed by atoms with Crippen molar-refractivity contribution < 1.29 is 23.1 Å². The van der Waals surface area contributed by atoms with Gasteiger partial charge in [0.25, 0.3) is 0 Å². The minimum atomic E-state index is -3.25. The van der Waals surface area contributed by atoms with Gasteiger partial charge in [0.1, 0.15) is 11.4 Å². The maximum Gasteiger partial charge on any atom is 0.343 e. The van der Waals surface area contributed by atoms with Crippen LogP contribution in [0.15, 0.2) is 65.7 Å². The molecule has 4 N–H and O–H groups in total. The molecule has 1 heterocycles. The number of hydrogen-bond donors (Lipinski definition) is 3. The van der Waals surface area contributed by atoms with Crippen molar-refractivity contribution in [2.24, 2.45) is 0 Å². The molecule has 170 valence electrons. The Labute approximate surface area is 187 Å². The number of hydrogen-bond acceptors (Lipinski definition) is 9. The van der Waals surface area contributed by atoms with Gasteiger partial charge in [0.05, 0.1) is 11.5 Å². The Morgan fingerprint density at radius 3 is 2.31 bits per heavy atom. The second kappa shape index (κ2) is 11.8. The molecule has 3 rings (SSSR count). The van der Waals surface area contributed by atoms with E-state index in [1.54, 1.807) is 19.1 Å². The van der Waals surface area contributed by atoms with E-state index in [0.717, 1.165) is 12.7 Å². The molecule has 0 bridgehead atoms. The molecule has 2 aromatic carbocycles. The smallest absolute Gasteiger partial charge is 0.343 e. The summed E-state index contributed by atoms with van der Waals surface area (Å²) in [6.45, 7) is 2.15. The van der Waals surface area contributed by atoms with E-state index in [0.29, 0.717) is 5.69 Å². The number of esters is 1. The van der Waals surface area contributed by atoms with Crippen molar-refractivity contribution in [3.63, 3.8) is 0 Å². The number of carbonyl (C=O) groups excluding carboxylic acids is 1. The van der Waals surface area contributed by atoms with E-state index in [1.165, 1.54) is 23.9 Å². The van der Waals surface area contributed by atoms with Gasteiger partial charge in [-0.3, -0.25) is 0 Å². The highest BCUT2D eigenvalue weighted by Gasteiger charge is 2.14. The number of nitrogens with two attached hydrogens (primary N) is 1. The lowest BCUT2D eigenvalue weighted by Crippen LogP contribution is -2.11. The van der Waals surface area contributed by atoms with E-state index in [2.05, 4.69) is 15.3 Å². The van der Waals surface area contributed by atoms with Gasteiger partial charge in [-0.2, -0.15) is 4.98 Å². The molecule has 0 aliphatic heterocycles. The summed E-state index contributed by atoms with van der Waals surface area (Å²) < 4.78 is 27.6. The fraction of sp³-hybridized carbons (Fsp3) is 0.227. The molecule has 0 aliphatic rings. The van der Waals surface area contributed by atoms with Crippen molar-refractivity contribution in [1.82, 2.24) is 9.97 Å². The first-order valence-electron chi connectivity index (χ1n) is 9.76. The molecule has 0 radical (unpaired) electrons. The Balaban J connectivity index is 0.000000336. The van der Waals surface area contributed by atoms with Gasteiger partial charge in [0, 0.05) is 24.7 Å². The fourth-order valence-corrected chi connectivity index (χ4v) is 3.14. The molecule has 0 saturated carbocycles. The van der Waals surface area contributed by atoms with Gasteiger partial charge >= 0.3 is 5.97 Å². The third-order valence-corrected chi connectivity index (χ3v) is 5.22. The van der Waals surface area contributed by atoms with Crippen molar-refractivity contribution in [3.8, 4) is 0 Å². The summed E-state index contributed by atoms with van der Waals surface area (Å²) in [5.41, 5.74) is 7.58. The number of benzene rings is 2. The van der Waals surface area contributed by atoms with Gasteiger partial charge in [-0.15, -0.1) is 0 Å². The van der Waals surface area contributed by atoms with Crippen LogP contribution in [0.3, 0.4) is 0 Å². The monoisotopic (exact) mass is 458 g/mol. The third kappa shape index (κ3) is 7.64. The number of ether oxygens (including phenoxy) is 1. The van der Waals surface area contributed by atoms with Crippen molar-refractivity contribution in [2.45, 2.75) is 18.2 Å². The second-order valence-corrected chi connectivity index (χ2v) is 8.61. The van der Waals surface area contributed by atoms with E-state index in [-0.39, 0.29) is 35.4 Å². The van der Waals surface area contributed by atoms with Crippen LogP contribution in [0, 0.1) is 0 Å². The van der Waals surface area contributed by atoms with Gasteiger partial charge < -0.3 is 20.9 Å². The number of nitrogens with one attached hydrogen (secondary N) is 1. The Hall–Kier alpha value is -3.50. The van der Waals surface area contributed by atoms with E-state index < -0.39 is 15.8 Å². The summed E-state index contributed by atoms with van der Waals surface area (Å²) in [6.07, 6.45) is 3.17. The van der Waals surface area contributed by atoms with Crippen molar-refractivity contribution in [2.75, 3.05) is 30.5 Å². The molecular weight excluding hydrogens is 432 g/mol. The minimum absolute atomic E-state index is 0.00583. The van der Waals surface area contributed by atoms with E-state index in [1.807, 2.05) is 30.3 Å². The maximum absolute atomic E-state index is 11.6. The number of nitrogens with zero attached hydrogens (tertiary/aromatic N) is 2. The number of anilines is 3. The highest BCUT2D eigenvalue weighted by molar-refractivity contribution is 7.90. The van der Waals surface area contributed by atoms with Crippen molar-refractivity contribution in [1.29, 1.82) is 0 Å². The number of sulfone groups is 1. The van der Waals surface area contributed by atoms with Crippen LogP contribution in [0.25, 0.3) is 0 Å². The molecule has 32 heavy (non-hydrogen) atoms. The van der Waals surface area contributed by atoms with Crippen LogP contribution in [0.2, 0.25) is 0 Å². The highest BCUT2D eigenvalue weighted by atomic mass is 32.2. The molecule has 1 aromatic heterocycles. The van der Waals surface area contributed by atoms with Crippen molar-refractivity contribution >= 4 is 33.3 Å². The van der Waals surface area contributed by atoms with E-state index in [9.17, 15) is 13.2 Å². The van der Waals surface area contributed by atoms with Crippen LogP contribution in [-0.4, -0.2) is 48.9 Å². The number of aliphatic hydroxyl groups excluding tert-OH is 1. The lowest BCUT2D eigenvalue weighted by molar-refractivity contribution is 0.0526. The van der Waals surface area contributed by atoms with Gasteiger partial charge in [0.2, 0.25) is 5.95 Å². The van der Waals surface area contributed by atoms with Gasteiger partial charge in [0.15, 0.2) is 9.84 Å². The van der Waals surface area contributed by atoms with Crippen LogP contribution in [-0.2, 0) is 21.0 Å². The molecule has 0 aliphatic carbocycles. The SMILES string of the molecule is CCOC(=O)c1cnc(Nc2ccc(S(C)(=O)=O)cc2)nc1N.OCCc1ccccc1. The lowest BCUT2D eigenvalue weighted by atomic mass is 10.2. The molecule has 10 heteroatoms. The summed E-state index contributed by atoms with van der Waals surface area (Å²) in [4.78, 5) is 19.8. The Morgan fingerprint density at radius 1 is 1.12 bits per heavy atom. The van der Waals surface area contributed by atoms with Crippen molar-refractivity contribution in [3.05, 3.63) is 71.9 Å². The summed E-state index contributed by atoms with van der Waals surface area (Å²) in [6, 6.07) is 16.0. The first-order valence-corrected chi connectivity index (χ1v) is 11.6. The maximum atomic E-state index is 11.6. The van der Waals surface area contributed by atoms with Crippen LogP contribution in [0.4, 0.5) is 17.5 Å². The Kier molecular flexibility index (Phi) is 9.11. The zero-order valence-corrected chi connectivity index (χ0v) is 18.7. The predicted octanol–water partition coefficient (Wildman–Crippen LogP) is 2.60.